The molecular formula is C12H19NO2S2. The summed E-state index contributed by atoms with van der Waals surface area (Å²) >= 11 is 1.78. The fourth-order valence-electron chi connectivity index (χ4n) is 1.51. The maximum absolute atomic E-state index is 12.0. The summed E-state index contributed by atoms with van der Waals surface area (Å²) in [5.41, 5.74) is 0.782. The zero-order chi connectivity index (χ0) is 12.7. The van der Waals surface area contributed by atoms with Crippen LogP contribution in [0.1, 0.15) is 18.4 Å². The predicted octanol–water partition coefficient (Wildman–Crippen LogP) is 2.42. The van der Waals surface area contributed by atoms with Gasteiger partial charge in [-0.2, -0.15) is 11.8 Å². The Morgan fingerprint density at radius 3 is 2.59 bits per heavy atom. The predicted molar refractivity (Wildman–Crippen MR) is 74.0 cm³/mol. The van der Waals surface area contributed by atoms with Crippen molar-refractivity contribution in [3.63, 3.8) is 0 Å². The van der Waals surface area contributed by atoms with E-state index in [1.165, 1.54) is 0 Å². The van der Waals surface area contributed by atoms with Gasteiger partial charge >= 0.3 is 0 Å². The summed E-state index contributed by atoms with van der Waals surface area (Å²) in [7, 11) is -3.33. The quantitative estimate of drug-likeness (QED) is 0.776. The summed E-state index contributed by atoms with van der Waals surface area (Å²) in [6.07, 6.45) is 3.97. The minimum Gasteiger partial charge on any atom is -0.211 e. The average molecular weight is 273 g/mol. The van der Waals surface area contributed by atoms with E-state index in [-0.39, 0.29) is 0 Å². The van der Waals surface area contributed by atoms with Crippen LogP contribution >= 0.6 is 11.8 Å². The molecule has 1 rings (SSSR count). The van der Waals surface area contributed by atoms with Crippen LogP contribution in [0.15, 0.2) is 29.2 Å². The molecule has 0 spiro atoms. The molecule has 0 atom stereocenters. The molecule has 0 saturated heterocycles. The Labute approximate surface area is 108 Å². The van der Waals surface area contributed by atoms with E-state index in [1.54, 1.807) is 23.9 Å². The fraction of sp³-hybridized carbons (Fsp3) is 0.500. The standard InChI is InChI=1S/C12H19NO2S2/c1-11-7-3-4-8-12(11)17(14,15)13-9-5-6-10-16-2/h3-4,7-8,13H,5-6,9-10H2,1-2H3. The van der Waals surface area contributed by atoms with E-state index in [0.717, 1.165) is 24.2 Å². The van der Waals surface area contributed by atoms with Crippen LogP contribution in [0, 0.1) is 6.92 Å². The molecule has 0 fully saturated rings. The molecule has 0 heterocycles. The average Bonchev–Trinajstić information content (AvgIpc) is 2.29. The Hall–Kier alpha value is -0.520. The summed E-state index contributed by atoms with van der Waals surface area (Å²) in [5.74, 6) is 1.08. The number of unbranched alkanes of at least 4 members (excludes halogenated alkanes) is 1. The van der Waals surface area contributed by atoms with Gasteiger partial charge in [0.15, 0.2) is 0 Å². The normalized spacial score (nSPS) is 11.6. The molecule has 0 aromatic heterocycles. The molecule has 5 heteroatoms. The molecule has 0 amide bonds. The summed E-state index contributed by atoms with van der Waals surface area (Å²) in [4.78, 5) is 0.380. The highest BCUT2D eigenvalue weighted by molar-refractivity contribution is 7.98. The van der Waals surface area contributed by atoms with Crippen LogP contribution in [0.2, 0.25) is 0 Å². The van der Waals surface area contributed by atoms with E-state index in [1.807, 2.05) is 19.1 Å². The lowest BCUT2D eigenvalue weighted by atomic mass is 10.2. The number of sulfonamides is 1. The maximum Gasteiger partial charge on any atom is 0.240 e. The van der Waals surface area contributed by atoms with Gasteiger partial charge in [-0.15, -0.1) is 0 Å². The smallest absolute Gasteiger partial charge is 0.211 e. The van der Waals surface area contributed by atoms with E-state index in [0.29, 0.717) is 11.4 Å². The number of aryl methyl sites for hydroxylation is 1. The summed E-state index contributed by atoms with van der Waals surface area (Å²) in [6.45, 7) is 2.32. The lowest BCUT2D eigenvalue weighted by Gasteiger charge is -2.08. The second kappa shape index (κ2) is 7.03. The molecule has 17 heavy (non-hydrogen) atoms. The molecule has 0 radical (unpaired) electrons. The number of rotatable bonds is 7. The first-order valence-corrected chi connectivity index (χ1v) is 8.50. The molecule has 3 nitrogen and oxygen atoms in total. The van der Waals surface area contributed by atoms with Gasteiger partial charge in [0.2, 0.25) is 10.0 Å². The van der Waals surface area contributed by atoms with Crippen molar-refractivity contribution in [3.8, 4) is 0 Å². The van der Waals surface area contributed by atoms with Crippen molar-refractivity contribution >= 4 is 21.8 Å². The molecule has 0 aliphatic rings. The van der Waals surface area contributed by atoms with Gasteiger partial charge in [0.25, 0.3) is 0 Å². The molecule has 1 N–H and O–H groups in total. The fourth-order valence-corrected chi connectivity index (χ4v) is 3.32. The van der Waals surface area contributed by atoms with Crippen molar-refractivity contribution in [2.24, 2.45) is 0 Å². The van der Waals surface area contributed by atoms with Crippen molar-refractivity contribution in [1.82, 2.24) is 4.72 Å². The Balaban J connectivity index is 2.55. The third kappa shape index (κ3) is 4.69. The van der Waals surface area contributed by atoms with Gasteiger partial charge in [-0.05, 0) is 43.4 Å². The number of nitrogens with one attached hydrogen (secondary N) is 1. The number of thioether (sulfide) groups is 1. The first-order chi connectivity index (χ1) is 8.08. The molecule has 96 valence electrons. The Morgan fingerprint density at radius 2 is 1.94 bits per heavy atom. The molecule has 0 bridgehead atoms. The third-order valence-electron chi connectivity index (χ3n) is 2.45. The summed E-state index contributed by atoms with van der Waals surface area (Å²) in [5, 5.41) is 0. The first kappa shape index (κ1) is 14.5. The Morgan fingerprint density at radius 1 is 1.24 bits per heavy atom. The topological polar surface area (TPSA) is 46.2 Å². The molecule has 0 aliphatic heterocycles. The van der Waals surface area contributed by atoms with Crippen molar-refractivity contribution in [1.29, 1.82) is 0 Å². The third-order valence-corrected chi connectivity index (χ3v) is 4.77. The summed E-state index contributed by atoms with van der Waals surface area (Å²) in [6, 6.07) is 7.03. The maximum atomic E-state index is 12.0. The second-order valence-corrected chi connectivity index (χ2v) is 6.58. The van der Waals surface area contributed by atoms with Gasteiger partial charge in [-0.1, -0.05) is 18.2 Å². The van der Waals surface area contributed by atoms with E-state index >= 15 is 0 Å². The number of benzene rings is 1. The summed E-state index contributed by atoms with van der Waals surface area (Å²) < 4.78 is 26.6. The minimum absolute atomic E-state index is 0.380. The van der Waals surface area contributed by atoms with Crippen molar-refractivity contribution in [3.05, 3.63) is 29.8 Å². The molecule has 0 unspecified atom stereocenters. The Kier molecular flexibility index (Phi) is 6.02. The van der Waals surface area contributed by atoms with Crippen LogP contribution in [0.25, 0.3) is 0 Å². The van der Waals surface area contributed by atoms with E-state index in [4.69, 9.17) is 0 Å². The zero-order valence-corrected chi connectivity index (χ0v) is 11.9. The van der Waals surface area contributed by atoms with Gasteiger partial charge in [0, 0.05) is 6.54 Å². The van der Waals surface area contributed by atoms with Crippen LogP contribution in [-0.2, 0) is 10.0 Å². The van der Waals surface area contributed by atoms with E-state index < -0.39 is 10.0 Å². The van der Waals surface area contributed by atoms with Crippen LogP contribution < -0.4 is 4.72 Å². The SMILES string of the molecule is CSCCCCNS(=O)(=O)c1ccccc1C. The van der Waals surface area contributed by atoms with Crippen LogP contribution in [0.3, 0.4) is 0 Å². The van der Waals surface area contributed by atoms with E-state index in [2.05, 4.69) is 11.0 Å². The lowest BCUT2D eigenvalue weighted by molar-refractivity contribution is 0.578. The van der Waals surface area contributed by atoms with Crippen molar-refractivity contribution in [2.75, 3.05) is 18.6 Å². The van der Waals surface area contributed by atoms with Crippen molar-refractivity contribution in [2.45, 2.75) is 24.7 Å². The second-order valence-electron chi connectivity index (χ2n) is 3.86. The van der Waals surface area contributed by atoms with Crippen LogP contribution in [-0.4, -0.2) is 27.0 Å². The highest BCUT2D eigenvalue weighted by Crippen LogP contribution is 2.13. The molecular weight excluding hydrogens is 254 g/mol. The number of hydrogen-bond donors (Lipinski definition) is 1. The van der Waals surface area contributed by atoms with Gasteiger partial charge in [-0.25, -0.2) is 13.1 Å². The van der Waals surface area contributed by atoms with Crippen LogP contribution in [0.4, 0.5) is 0 Å². The molecule has 1 aromatic carbocycles. The molecule has 0 aliphatic carbocycles. The Bertz CT molecular complexity index is 444. The number of hydrogen-bond acceptors (Lipinski definition) is 3. The monoisotopic (exact) mass is 273 g/mol. The van der Waals surface area contributed by atoms with Gasteiger partial charge in [0.1, 0.15) is 0 Å². The first-order valence-electron chi connectivity index (χ1n) is 5.62. The molecule has 0 saturated carbocycles. The lowest BCUT2D eigenvalue weighted by Crippen LogP contribution is -2.25. The molecule has 1 aromatic rings. The zero-order valence-electron chi connectivity index (χ0n) is 10.3. The van der Waals surface area contributed by atoms with Gasteiger partial charge in [0.05, 0.1) is 4.90 Å². The highest BCUT2D eigenvalue weighted by Gasteiger charge is 2.14. The largest absolute Gasteiger partial charge is 0.240 e. The van der Waals surface area contributed by atoms with E-state index in [9.17, 15) is 8.42 Å². The van der Waals surface area contributed by atoms with Crippen molar-refractivity contribution < 1.29 is 8.42 Å². The minimum atomic E-state index is -3.33. The van der Waals surface area contributed by atoms with Gasteiger partial charge in [-0.3, -0.25) is 0 Å². The highest BCUT2D eigenvalue weighted by atomic mass is 32.2. The van der Waals surface area contributed by atoms with Crippen LogP contribution in [0.5, 0.6) is 0 Å². The van der Waals surface area contributed by atoms with Gasteiger partial charge < -0.3 is 0 Å².